The molecule has 0 bridgehead atoms. The summed E-state index contributed by atoms with van der Waals surface area (Å²) in [6.45, 7) is 0.666. The zero-order chi connectivity index (χ0) is 17.0. The zero-order valence-electron chi connectivity index (χ0n) is 11.9. The average Bonchev–Trinajstić information content (AvgIpc) is 2.45. The van der Waals surface area contributed by atoms with E-state index in [1.807, 2.05) is 0 Å². The van der Waals surface area contributed by atoms with Gasteiger partial charge in [0.25, 0.3) is 5.91 Å². The number of alkyl halides is 3. The van der Waals surface area contributed by atoms with Crippen molar-refractivity contribution < 1.29 is 32.6 Å². The van der Waals surface area contributed by atoms with Crippen molar-refractivity contribution in [1.29, 1.82) is 0 Å². The minimum absolute atomic E-state index is 0.0156. The topological polar surface area (TPSA) is 66.8 Å². The number of carbonyl (C=O) groups is 2. The molecule has 0 aromatic heterocycles. The van der Waals surface area contributed by atoms with Crippen LogP contribution in [0.1, 0.15) is 16.8 Å². The van der Waals surface area contributed by atoms with Crippen LogP contribution in [0.15, 0.2) is 29.2 Å². The quantitative estimate of drug-likeness (QED) is 0.847. The fourth-order valence-corrected chi connectivity index (χ4v) is 2.80. The molecule has 23 heavy (non-hydrogen) atoms. The molecule has 1 aliphatic rings. The molecule has 1 aromatic rings. The fourth-order valence-electron chi connectivity index (χ4n) is 2.26. The van der Waals surface area contributed by atoms with Crippen LogP contribution in [0.5, 0.6) is 0 Å². The Bertz CT molecular complexity index is 576. The molecule has 0 radical (unpaired) electrons. The van der Waals surface area contributed by atoms with E-state index in [-0.39, 0.29) is 41.8 Å². The molecule has 1 aliphatic heterocycles. The smallest absolute Gasteiger partial charge is 0.446 e. The number of rotatable bonds is 4. The van der Waals surface area contributed by atoms with Crippen molar-refractivity contribution in [2.75, 3.05) is 19.8 Å². The highest BCUT2D eigenvalue weighted by molar-refractivity contribution is 8.00. The first kappa shape index (κ1) is 17.6. The molecular weight excluding hydrogens is 335 g/mol. The first-order valence-electron chi connectivity index (χ1n) is 6.72. The van der Waals surface area contributed by atoms with Gasteiger partial charge in [-0.15, -0.1) is 0 Å². The first-order chi connectivity index (χ1) is 10.8. The summed E-state index contributed by atoms with van der Waals surface area (Å²) in [5.41, 5.74) is -4.17. The third-order valence-electron chi connectivity index (χ3n) is 3.23. The van der Waals surface area contributed by atoms with E-state index >= 15 is 0 Å². The Labute approximate surface area is 134 Å². The summed E-state index contributed by atoms with van der Waals surface area (Å²) < 4.78 is 42.0. The second-order valence-electron chi connectivity index (χ2n) is 4.90. The van der Waals surface area contributed by atoms with Gasteiger partial charge >= 0.3 is 11.5 Å². The van der Waals surface area contributed by atoms with Gasteiger partial charge in [0.15, 0.2) is 0 Å². The highest BCUT2D eigenvalue weighted by Crippen LogP contribution is 2.36. The molecule has 1 heterocycles. The minimum atomic E-state index is -4.39. The van der Waals surface area contributed by atoms with Crippen LogP contribution in [0.4, 0.5) is 13.2 Å². The number of benzene rings is 1. The zero-order valence-corrected chi connectivity index (χ0v) is 12.7. The van der Waals surface area contributed by atoms with Crippen LogP contribution in [0.3, 0.4) is 0 Å². The van der Waals surface area contributed by atoms with Gasteiger partial charge in [-0.3, -0.25) is 9.59 Å². The van der Waals surface area contributed by atoms with E-state index in [1.54, 1.807) is 0 Å². The number of ether oxygens (including phenoxy) is 1. The van der Waals surface area contributed by atoms with Crippen LogP contribution in [0.2, 0.25) is 0 Å². The maximum Gasteiger partial charge on any atom is 0.446 e. The monoisotopic (exact) mass is 349 g/mol. The molecule has 1 saturated heterocycles. The van der Waals surface area contributed by atoms with Gasteiger partial charge < -0.3 is 14.7 Å². The molecule has 1 fully saturated rings. The number of hydrogen-bond acceptors (Lipinski definition) is 4. The lowest BCUT2D eigenvalue weighted by Crippen LogP contribution is -2.49. The van der Waals surface area contributed by atoms with Gasteiger partial charge in [0.05, 0.1) is 25.7 Å². The lowest BCUT2D eigenvalue weighted by Gasteiger charge is -2.34. The van der Waals surface area contributed by atoms with Crippen LogP contribution in [0, 0.1) is 0 Å². The van der Waals surface area contributed by atoms with Gasteiger partial charge in [-0.1, -0.05) is 0 Å². The second kappa shape index (κ2) is 7.22. The lowest BCUT2D eigenvalue weighted by molar-refractivity contribution is -0.139. The molecule has 1 unspecified atom stereocenters. The van der Waals surface area contributed by atoms with E-state index in [2.05, 4.69) is 0 Å². The first-order valence-corrected chi connectivity index (χ1v) is 7.54. The number of amides is 1. The number of carboxylic acid groups (broad SMARTS) is 1. The van der Waals surface area contributed by atoms with Crippen molar-refractivity contribution in [2.45, 2.75) is 22.9 Å². The normalized spacial score (nSPS) is 18.7. The number of morpholine rings is 1. The summed E-state index contributed by atoms with van der Waals surface area (Å²) in [5, 5.41) is 8.88. The third kappa shape index (κ3) is 5.14. The average molecular weight is 349 g/mol. The predicted octanol–water partition coefficient (Wildman–Crippen LogP) is 2.61. The van der Waals surface area contributed by atoms with Crippen molar-refractivity contribution in [1.82, 2.24) is 4.90 Å². The predicted molar refractivity (Wildman–Crippen MR) is 76.3 cm³/mol. The molecule has 0 spiro atoms. The van der Waals surface area contributed by atoms with E-state index in [0.717, 1.165) is 0 Å². The van der Waals surface area contributed by atoms with Crippen molar-refractivity contribution in [2.24, 2.45) is 0 Å². The highest BCUT2D eigenvalue weighted by Gasteiger charge is 2.31. The van der Waals surface area contributed by atoms with E-state index in [0.29, 0.717) is 6.61 Å². The largest absolute Gasteiger partial charge is 0.481 e. The summed E-state index contributed by atoms with van der Waals surface area (Å²) in [7, 11) is 0. The van der Waals surface area contributed by atoms with Gasteiger partial charge in [-0.05, 0) is 36.0 Å². The number of halogens is 3. The summed E-state index contributed by atoms with van der Waals surface area (Å²) in [4.78, 5) is 24.7. The summed E-state index contributed by atoms with van der Waals surface area (Å²) >= 11 is -0.257. The van der Waals surface area contributed by atoms with E-state index < -0.39 is 23.4 Å². The second-order valence-corrected chi connectivity index (χ2v) is 6.04. The van der Waals surface area contributed by atoms with Crippen LogP contribution >= 0.6 is 11.8 Å². The molecule has 1 N–H and O–H groups in total. The maximum absolute atomic E-state index is 12.4. The summed E-state index contributed by atoms with van der Waals surface area (Å²) in [6.07, 6.45) is -0.242. The van der Waals surface area contributed by atoms with Crippen LogP contribution < -0.4 is 0 Å². The van der Waals surface area contributed by atoms with Crippen molar-refractivity contribution >= 4 is 23.6 Å². The molecule has 1 atom stereocenters. The van der Waals surface area contributed by atoms with Gasteiger partial charge in [0, 0.05) is 17.0 Å². The summed E-state index contributed by atoms with van der Waals surface area (Å²) in [5.74, 6) is -1.46. The van der Waals surface area contributed by atoms with Gasteiger partial charge in [-0.25, -0.2) is 0 Å². The molecule has 1 aromatic carbocycles. The van der Waals surface area contributed by atoms with E-state index in [4.69, 9.17) is 9.84 Å². The molecule has 2 rings (SSSR count). The van der Waals surface area contributed by atoms with Crippen molar-refractivity contribution in [3.63, 3.8) is 0 Å². The number of carboxylic acids is 1. The Morgan fingerprint density at radius 3 is 2.52 bits per heavy atom. The molecule has 9 heteroatoms. The van der Waals surface area contributed by atoms with Crippen LogP contribution in [0.25, 0.3) is 0 Å². The van der Waals surface area contributed by atoms with Gasteiger partial charge in [-0.2, -0.15) is 13.2 Å². The molecular formula is C14H14F3NO4S. The summed E-state index contributed by atoms with van der Waals surface area (Å²) in [6, 6.07) is 4.47. The Hall–Kier alpha value is -1.74. The maximum atomic E-state index is 12.4. The fraction of sp³-hybridized carbons (Fsp3) is 0.429. The van der Waals surface area contributed by atoms with Crippen LogP contribution in [-0.4, -0.2) is 53.2 Å². The SMILES string of the molecule is O=C(O)CC1COCCN1C(=O)c1ccc(SC(F)(F)F)cc1. The minimum Gasteiger partial charge on any atom is -0.481 e. The number of carbonyl (C=O) groups excluding carboxylic acids is 1. The Kier molecular flexibility index (Phi) is 5.53. The molecule has 5 nitrogen and oxygen atoms in total. The van der Waals surface area contributed by atoms with Gasteiger partial charge in [0.2, 0.25) is 0 Å². The standard InChI is InChI=1S/C14H14F3NO4S/c15-14(16,17)23-11-3-1-9(2-4-11)13(21)18-5-6-22-8-10(18)7-12(19)20/h1-4,10H,5-8H2,(H,19,20). The van der Waals surface area contributed by atoms with Gasteiger partial charge in [0.1, 0.15) is 0 Å². The van der Waals surface area contributed by atoms with Crippen molar-refractivity contribution in [3.05, 3.63) is 29.8 Å². The van der Waals surface area contributed by atoms with Crippen molar-refractivity contribution in [3.8, 4) is 0 Å². The number of aliphatic carboxylic acids is 1. The number of nitrogens with zero attached hydrogens (tertiary/aromatic N) is 1. The number of hydrogen-bond donors (Lipinski definition) is 1. The lowest BCUT2D eigenvalue weighted by atomic mass is 10.1. The Balaban J connectivity index is 2.10. The molecule has 1 amide bonds. The number of thioether (sulfide) groups is 1. The Morgan fingerprint density at radius 2 is 1.96 bits per heavy atom. The van der Waals surface area contributed by atoms with E-state index in [9.17, 15) is 22.8 Å². The highest BCUT2D eigenvalue weighted by atomic mass is 32.2. The molecule has 0 aliphatic carbocycles. The molecule has 0 saturated carbocycles. The third-order valence-corrected chi connectivity index (χ3v) is 3.97. The van der Waals surface area contributed by atoms with E-state index in [1.165, 1.54) is 29.2 Å². The molecule has 126 valence electrons. The van der Waals surface area contributed by atoms with Crippen LogP contribution in [-0.2, 0) is 9.53 Å². The Morgan fingerprint density at radius 1 is 1.30 bits per heavy atom.